The SMILES string of the molecule is Cc1ccc(F)c(C(N)C2CC3CCC(C2)N3C)c1F. The van der Waals surface area contributed by atoms with E-state index in [0.29, 0.717) is 17.6 Å². The molecule has 0 spiro atoms. The van der Waals surface area contributed by atoms with Crippen molar-refractivity contribution in [2.75, 3.05) is 7.05 Å². The predicted molar refractivity (Wildman–Crippen MR) is 75.3 cm³/mol. The third-order valence-corrected chi connectivity index (χ3v) is 5.30. The van der Waals surface area contributed by atoms with Gasteiger partial charge < -0.3 is 10.6 Å². The molecule has 2 nitrogen and oxygen atoms in total. The molecule has 2 bridgehead atoms. The average molecular weight is 280 g/mol. The van der Waals surface area contributed by atoms with Gasteiger partial charge in [0, 0.05) is 23.7 Å². The van der Waals surface area contributed by atoms with E-state index < -0.39 is 17.7 Å². The number of hydrogen-bond acceptors (Lipinski definition) is 2. The van der Waals surface area contributed by atoms with Crippen LogP contribution >= 0.6 is 0 Å². The lowest BCUT2D eigenvalue weighted by Crippen LogP contribution is -2.43. The monoisotopic (exact) mass is 280 g/mol. The molecule has 2 fully saturated rings. The van der Waals surface area contributed by atoms with Crippen LogP contribution in [0.4, 0.5) is 8.78 Å². The quantitative estimate of drug-likeness (QED) is 0.901. The number of piperidine rings is 1. The number of halogens is 2. The van der Waals surface area contributed by atoms with Crippen LogP contribution in [0.2, 0.25) is 0 Å². The minimum absolute atomic E-state index is 0.0824. The zero-order valence-corrected chi connectivity index (χ0v) is 12.1. The van der Waals surface area contributed by atoms with E-state index in [-0.39, 0.29) is 11.5 Å². The van der Waals surface area contributed by atoms with Gasteiger partial charge in [0.1, 0.15) is 11.6 Å². The van der Waals surface area contributed by atoms with Crippen LogP contribution in [0.3, 0.4) is 0 Å². The molecule has 3 atom stereocenters. The predicted octanol–water partition coefficient (Wildman–Crippen LogP) is 3.15. The van der Waals surface area contributed by atoms with Gasteiger partial charge in [0.15, 0.2) is 0 Å². The molecule has 0 radical (unpaired) electrons. The normalized spacial score (nSPS) is 31.6. The standard InChI is InChI=1S/C16H22F2N2/c1-9-3-6-13(17)14(15(9)18)16(19)10-7-11-4-5-12(8-10)20(11)2/h3,6,10-12,16H,4-5,7-8,19H2,1-2H3. The summed E-state index contributed by atoms with van der Waals surface area (Å²) < 4.78 is 28.2. The summed E-state index contributed by atoms with van der Waals surface area (Å²) in [6, 6.07) is 3.32. The summed E-state index contributed by atoms with van der Waals surface area (Å²) in [5, 5.41) is 0. The van der Waals surface area contributed by atoms with E-state index in [1.807, 2.05) is 0 Å². The Labute approximate surface area is 118 Å². The van der Waals surface area contributed by atoms with Gasteiger partial charge in [0.05, 0.1) is 0 Å². The highest BCUT2D eigenvalue weighted by molar-refractivity contribution is 5.29. The lowest BCUT2D eigenvalue weighted by molar-refractivity contribution is 0.119. The molecule has 3 rings (SSSR count). The first kappa shape index (κ1) is 14.0. The highest BCUT2D eigenvalue weighted by atomic mass is 19.1. The molecular weight excluding hydrogens is 258 g/mol. The zero-order valence-electron chi connectivity index (χ0n) is 12.1. The summed E-state index contributed by atoms with van der Waals surface area (Å²) in [5.41, 5.74) is 6.79. The number of aryl methyl sites for hydroxylation is 1. The molecule has 20 heavy (non-hydrogen) atoms. The van der Waals surface area contributed by atoms with Crippen molar-refractivity contribution in [2.45, 2.75) is 50.7 Å². The summed E-state index contributed by atoms with van der Waals surface area (Å²) in [5.74, 6) is -0.801. The molecule has 0 saturated carbocycles. The molecule has 1 aromatic rings. The van der Waals surface area contributed by atoms with Crippen LogP contribution in [0.1, 0.15) is 42.9 Å². The molecule has 2 N–H and O–H groups in total. The van der Waals surface area contributed by atoms with Crippen molar-refractivity contribution in [3.63, 3.8) is 0 Å². The second-order valence-corrected chi connectivity index (χ2v) is 6.40. The summed E-state index contributed by atoms with van der Waals surface area (Å²) in [4.78, 5) is 2.41. The largest absolute Gasteiger partial charge is 0.324 e. The van der Waals surface area contributed by atoms with E-state index in [1.165, 1.54) is 25.0 Å². The number of nitrogens with two attached hydrogens (primary N) is 1. The third kappa shape index (κ3) is 2.15. The average Bonchev–Trinajstić information content (AvgIpc) is 2.66. The van der Waals surface area contributed by atoms with Crippen LogP contribution in [0.25, 0.3) is 0 Å². The Morgan fingerprint density at radius 2 is 1.80 bits per heavy atom. The zero-order chi connectivity index (χ0) is 14.4. The summed E-state index contributed by atoms with van der Waals surface area (Å²) in [7, 11) is 2.15. The van der Waals surface area contributed by atoms with Crippen molar-refractivity contribution in [3.05, 3.63) is 34.9 Å². The Morgan fingerprint density at radius 1 is 1.20 bits per heavy atom. The molecule has 1 aromatic carbocycles. The molecule has 4 heteroatoms. The van der Waals surface area contributed by atoms with E-state index in [2.05, 4.69) is 11.9 Å². The van der Waals surface area contributed by atoms with Crippen LogP contribution in [-0.2, 0) is 0 Å². The number of rotatable bonds is 2. The van der Waals surface area contributed by atoms with Gasteiger partial charge in [-0.3, -0.25) is 0 Å². The van der Waals surface area contributed by atoms with Gasteiger partial charge >= 0.3 is 0 Å². The van der Waals surface area contributed by atoms with Crippen molar-refractivity contribution in [2.24, 2.45) is 11.7 Å². The second kappa shape index (κ2) is 5.08. The summed E-state index contributed by atoms with van der Waals surface area (Å²) in [6.45, 7) is 1.66. The van der Waals surface area contributed by atoms with E-state index in [9.17, 15) is 8.78 Å². The second-order valence-electron chi connectivity index (χ2n) is 6.40. The maximum atomic E-state index is 14.2. The Morgan fingerprint density at radius 3 is 2.40 bits per heavy atom. The molecule has 110 valence electrons. The van der Waals surface area contributed by atoms with Crippen molar-refractivity contribution in [1.82, 2.24) is 4.90 Å². The van der Waals surface area contributed by atoms with Gasteiger partial charge in [-0.2, -0.15) is 0 Å². The Balaban J connectivity index is 1.87. The molecule has 0 aromatic heterocycles. The highest BCUT2D eigenvalue weighted by Crippen LogP contribution is 2.42. The topological polar surface area (TPSA) is 29.3 Å². The van der Waals surface area contributed by atoms with Gasteiger partial charge in [-0.15, -0.1) is 0 Å². The van der Waals surface area contributed by atoms with Crippen molar-refractivity contribution < 1.29 is 8.78 Å². The molecule has 2 aliphatic heterocycles. The fourth-order valence-electron chi connectivity index (χ4n) is 3.97. The number of nitrogens with zero attached hydrogens (tertiary/aromatic N) is 1. The van der Waals surface area contributed by atoms with E-state index >= 15 is 0 Å². The molecule has 2 saturated heterocycles. The molecule has 0 aliphatic carbocycles. The first-order valence-electron chi connectivity index (χ1n) is 7.41. The number of benzene rings is 1. The van der Waals surface area contributed by atoms with Gasteiger partial charge in [0.2, 0.25) is 0 Å². The maximum absolute atomic E-state index is 14.2. The van der Waals surface area contributed by atoms with Crippen molar-refractivity contribution in [3.8, 4) is 0 Å². The number of hydrogen-bond donors (Lipinski definition) is 1. The fourth-order valence-corrected chi connectivity index (χ4v) is 3.97. The van der Waals surface area contributed by atoms with Crippen LogP contribution in [0, 0.1) is 24.5 Å². The van der Waals surface area contributed by atoms with E-state index in [4.69, 9.17) is 5.73 Å². The lowest BCUT2D eigenvalue weighted by Gasteiger charge is -2.39. The summed E-state index contributed by atoms with van der Waals surface area (Å²) >= 11 is 0. The van der Waals surface area contributed by atoms with Crippen LogP contribution in [-0.4, -0.2) is 24.0 Å². The van der Waals surface area contributed by atoms with E-state index in [1.54, 1.807) is 6.92 Å². The smallest absolute Gasteiger partial charge is 0.133 e. The summed E-state index contributed by atoms with van der Waals surface area (Å²) in [6.07, 6.45) is 4.26. The fraction of sp³-hybridized carbons (Fsp3) is 0.625. The maximum Gasteiger partial charge on any atom is 0.133 e. The Hall–Kier alpha value is -1.00. The minimum atomic E-state index is -0.535. The van der Waals surface area contributed by atoms with Gasteiger partial charge in [-0.1, -0.05) is 6.07 Å². The van der Waals surface area contributed by atoms with Crippen LogP contribution < -0.4 is 5.73 Å². The molecule has 2 heterocycles. The van der Waals surface area contributed by atoms with E-state index in [0.717, 1.165) is 12.8 Å². The lowest BCUT2D eigenvalue weighted by atomic mass is 9.82. The highest BCUT2D eigenvalue weighted by Gasteiger charge is 2.41. The molecule has 3 unspecified atom stereocenters. The first-order valence-corrected chi connectivity index (χ1v) is 7.41. The van der Waals surface area contributed by atoms with Gasteiger partial charge in [-0.25, -0.2) is 8.78 Å². The minimum Gasteiger partial charge on any atom is -0.324 e. The van der Waals surface area contributed by atoms with Gasteiger partial charge in [0.25, 0.3) is 0 Å². The molecular formula is C16H22F2N2. The number of fused-ring (bicyclic) bond motifs is 2. The van der Waals surface area contributed by atoms with Gasteiger partial charge in [-0.05, 0) is 57.2 Å². The van der Waals surface area contributed by atoms with Crippen molar-refractivity contribution in [1.29, 1.82) is 0 Å². The molecule has 2 aliphatic rings. The van der Waals surface area contributed by atoms with Crippen LogP contribution in [0.15, 0.2) is 12.1 Å². The third-order valence-electron chi connectivity index (χ3n) is 5.30. The Kier molecular flexibility index (Phi) is 3.55. The molecule has 0 amide bonds. The Bertz CT molecular complexity index is 503. The first-order chi connectivity index (χ1) is 9.49. The van der Waals surface area contributed by atoms with Crippen molar-refractivity contribution >= 4 is 0 Å². The van der Waals surface area contributed by atoms with Crippen LogP contribution in [0.5, 0.6) is 0 Å².